The quantitative estimate of drug-likeness (QED) is 0.561. The van der Waals surface area contributed by atoms with E-state index in [0.29, 0.717) is 0 Å². The van der Waals surface area contributed by atoms with Crippen molar-refractivity contribution in [3.63, 3.8) is 0 Å². The number of rotatable bonds is 7. The number of carbonyl (C=O) groups is 1. The number of carbonyl (C=O) groups excluding carboxylic acids is 1. The van der Waals surface area contributed by atoms with Gasteiger partial charge in [-0.25, -0.2) is 0 Å². The van der Waals surface area contributed by atoms with Crippen LogP contribution in [0.15, 0.2) is 35.2 Å². The summed E-state index contributed by atoms with van der Waals surface area (Å²) in [6.45, 7) is 3.59. The number of ether oxygens (including phenoxy) is 1. The average Bonchev–Trinajstić information content (AvgIpc) is 2.38. The Morgan fingerprint density at radius 3 is 2.67 bits per heavy atom. The first-order valence-corrected chi connectivity index (χ1v) is 7.06. The van der Waals surface area contributed by atoms with Crippen molar-refractivity contribution in [2.24, 2.45) is 5.92 Å². The first kappa shape index (κ1) is 15.1. The molecule has 18 heavy (non-hydrogen) atoms. The summed E-state index contributed by atoms with van der Waals surface area (Å²) < 4.78 is 4.72. The highest BCUT2D eigenvalue weighted by Gasteiger charge is 2.14. The van der Waals surface area contributed by atoms with E-state index in [2.05, 4.69) is 17.0 Å². The van der Waals surface area contributed by atoms with E-state index >= 15 is 0 Å². The van der Waals surface area contributed by atoms with Crippen molar-refractivity contribution in [1.29, 1.82) is 0 Å². The van der Waals surface area contributed by atoms with E-state index in [1.54, 1.807) is 0 Å². The summed E-state index contributed by atoms with van der Waals surface area (Å²) in [5, 5.41) is 0. The third kappa shape index (κ3) is 5.56. The Bertz CT molecular complexity index is 356. The number of hydrogen-bond donors (Lipinski definition) is 0. The van der Waals surface area contributed by atoms with Gasteiger partial charge in [0.2, 0.25) is 0 Å². The first-order chi connectivity index (χ1) is 8.63. The summed E-state index contributed by atoms with van der Waals surface area (Å²) in [7, 11) is 3.47. The summed E-state index contributed by atoms with van der Waals surface area (Å²) >= 11 is 1.83. The van der Waals surface area contributed by atoms with Crippen LogP contribution in [0.2, 0.25) is 0 Å². The number of nitrogens with zero attached hydrogens (tertiary/aromatic N) is 1. The van der Waals surface area contributed by atoms with Crippen molar-refractivity contribution >= 4 is 17.7 Å². The van der Waals surface area contributed by atoms with Gasteiger partial charge in [0.05, 0.1) is 13.0 Å². The molecule has 1 aromatic carbocycles. The molecule has 1 atom stereocenters. The summed E-state index contributed by atoms with van der Waals surface area (Å²) in [4.78, 5) is 14.7. The molecule has 0 saturated heterocycles. The van der Waals surface area contributed by atoms with Gasteiger partial charge >= 0.3 is 5.97 Å². The van der Waals surface area contributed by atoms with Crippen molar-refractivity contribution in [2.75, 3.05) is 33.0 Å². The third-order valence-electron chi connectivity index (χ3n) is 2.67. The Labute approximate surface area is 114 Å². The maximum Gasteiger partial charge on any atom is 0.309 e. The molecular weight excluding hydrogens is 246 g/mol. The van der Waals surface area contributed by atoms with E-state index in [1.165, 1.54) is 12.0 Å². The molecule has 0 saturated carbocycles. The summed E-state index contributed by atoms with van der Waals surface area (Å²) in [6.07, 6.45) is 0. The molecule has 0 bridgehead atoms. The van der Waals surface area contributed by atoms with Crippen molar-refractivity contribution in [1.82, 2.24) is 4.90 Å². The highest BCUT2D eigenvalue weighted by molar-refractivity contribution is 7.99. The van der Waals surface area contributed by atoms with Gasteiger partial charge in [-0.3, -0.25) is 4.79 Å². The molecular formula is C14H21NO2S. The topological polar surface area (TPSA) is 29.5 Å². The summed E-state index contributed by atoms with van der Waals surface area (Å²) in [5.74, 6) is 0.813. The normalized spacial score (nSPS) is 12.4. The van der Waals surface area contributed by atoms with Crippen LogP contribution in [0.3, 0.4) is 0 Å². The van der Waals surface area contributed by atoms with Crippen LogP contribution in [0.1, 0.15) is 6.92 Å². The second kappa shape index (κ2) is 8.16. The molecule has 1 unspecified atom stereocenters. The van der Waals surface area contributed by atoms with Crippen molar-refractivity contribution < 1.29 is 9.53 Å². The maximum atomic E-state index is 11.3. The number of hydrogen-bond acceptors (Lipinski definition) is 4. The lowest BCUT2D eigenvalue weighted by Crippen LogP contribution is -2.30. The molecule has 3 nitrogen and oxygen atoms in total. The molecule has 0 amide bonds. The van der Waals surface area contributed by atoms with Crippen molar-refractivity contribution in [3.05, 3.63) is 30.3 Å². The maximum absolute atomic E-state index is 11.3. The fourth-order valence-corrected chi connectivity index (χ4v) is 2.66. The Kier molecular flexibility index (Phi) is 6.83. The van der Waals surface area contributed by atoms with E-state index < -0.39 is 0 Å². The van der Waals surface area contributed by atoms with Gasteiger partial charge in [0, 0.05) is 23.7 Å². The lowest BCUT2D eigenvalue weighted by Gasteiger charge is -2.19. The van der Waals surface area contributed by atoms with Crippen LogP contribution in [0.25, 0.3) is 0 Å². The summed E-state index contributed by atoms with van der Waals surface area (Å²) in [6, 6.07) is 10.3. The fourth-order valence-electron chi connectivity index (χ4n) is 1.67. The zero-order chi connectivity index (χ0) is 13.4. The molecule has 0 fully saturated rings. The number of thioether (sulfide) groups is 1. The van der Waals surface area contributed by atoms with Gasteiger partial charge in [-0.05, 0) is 19.2 Å². The SMILES string of the molecule is COC(=O)C(C)CN(C)CCSc1ccccc1. The van der Waals surface area contributed by atoms with Gasteiger partial charge in [0.1, 0.15) is 0 Å². The molecule has 0 aliphatic heterocycles. The van der Waals surface area contributed by atoms with Crippen molar-refractivity contribution in [3.8, 4) is 0 Å². The third-order valence-corrected chi connectivity index (χ3v) is 3.67. The van der Waals surface area contributed by atoms with Gasteiger partial charge in [-0.1, -0.05) is 25.1 Å². The van der Waals surface area contributed by atoms with E-state index in [0.717, 1.165) is 18.8 Å². The monoisotopic (exact) mass is 267 g/mol. The van der Waals surface area contributed by atoms with Gasteiger partial charge < -0.3 is 9.64 Å². The predicted octanol–water partition coefficient (Wildman–Crippen LogP) is 2.52. The molecule has 0 aliphatic carbocycles. The minimum atomic E-state index is -0.141. The Morgan fingerprint density at radius 1 is 1.39 bits per heavy atom. The van der Waals surface area contributed by atoms with E-state index in [1.807, 2.05) is 43.9 Å². The molecule has 0 radical (unpaired) electrons. The Hall–Kier alpha value is -1.00. The largest absolute Gasteiger partial charge is 0.469 e. The lowest BCUT2D eigenvalue weighted by atomic mass is 10.2. The second-order valence-corrected chi connectivity index (χ2v) is 5.52. The molecule has 4 heteroatoms. The molecule has 100 valence electrons. The van der Waals surface area contributed by atoms with Crippen LogP contribution < -0.4 is 0 Å². The molecule has 0 spiro atoms. The number of benzene rings is 1. The van der Waals surface area contributed by atoms with E-state index in [4.69, 9.17) is 4.74 Å². The van der Waals surface area contributed by atoms with Crippen LogP contribution in [0, 0.1) is 5.92 Å². The lowest BCUT2D eigenvalue weighted by molar-refractivity contribution is -0.145. The van der Waals surface area contributed by atoms with E-state index in [-0.39, 0.29) is 11.9 Å². The fraction of sp³-hybridized carbons (Fsp3) is 0.500. The van der Waals surface area contributed by atoms with Gasteiger partial charge in [0.25, 0.3) is 0 Å². The first-order valence-electron chi connectivity index (χ1n) is 6.07. The zero-order valence-corrected chi connectivity index (χ0v) is 12.1. The predicted molar refractivity (Wildman–Crippen MR) is 75.8 cm³/mol. The Balaban J connectivity index is 2.21. The summed E-state index contributed by atoms with van der Waals surface area (Å²) in [5.41, 5.74) is 0. The average molecular weight is 267 g/mol. The minimum Gasteiger partial charge on any atom is -0.469 e. The molecule has 1 rings (SSSR count). The number of methoxy groups -OCH3 is 1. The highest BCUT2D eigenvalue weighted by Crippen LogP contribution is 2.16. The van der Waals surface area contributed by atoms with Crippen LogP contribution in [0.5, 0.6) is 0 Å². The molecule has 0 aliphatic rings. The smallest absolute Gasteiger partial charge is 0.309 e. The zero-order valence-electron chi connectivity index (χ0n) is 11.3. The van der Waals surface area contributed by atoms with E-state index in [9.17, 15) is 4.79 Å². The molecule has 1 aromatic rings. The van der Waals surface area contributed by atoms with Gasteiger partial charge in [-0.15, -0.1) is 11.8 Å². The number of esters is 1. The van der Waals surface area contributed by atoms with Gasteiger partial charge in [-0.2, -0.15) is 0 Å². The van der Waals surface area contributed by atoms with Crippen LogP contribution in [-0.4, -0.2) is 43.9 Å². The highest BCUT2D eigenvalue weighted by atomic mass is 32.2. The second-order valence-electron chi connectivity index (χ2n) is 4.35. The van der Waals surface area contributed by atoms with Crippen LogP contribution >= 0.6 is 11.8 Å². The standard InChI is InChI=1S/C14H21NO2S/c1-12(14(16)17-3)11-15(2)9-10-18-13-7-5-4-6-8-13/h4-8,12H,9-11H2,1-3H3. The molecule has 0 heterocycles. The van der Waals surface area contributed by atoms with Crippen molar-refractivity contribution in [2.45, 2.75) is 11.8 Å². The minimum absolute atomic E-state index is 0.0678. The van der Waals surface area contributed by atoms with Gasteiger partial charge in [0.15, 0.2) is 0 Å². The van der Waals surface area contributed by atoms with Crippen LogP contribution in [-0.2, 0) is 9.53 Å². The molecule has 0 aromatic heterocycles. The Morgan fingerprint density at radius 2 is 2.06 bits per heavy atom. The molecule has 0 N–H and O–H groups in total. The van der Waals surface area contributed by atoms with Crippen LogP contribution in [0.4, 0.5) is 0 Å².